The molecule has 0 aliphatic rings. The molecule has 1 N–H and O–H groups in total. The number of aliphatic hydroxyl groups excluding tert-OH is 1. The number of hydrogen-bond donors (Lipinski definition) is 1. The SMILES string of the molecule is CCCCCCCCC(CCCCCCC)OC(=O)CCCCCN(CCO)CCCCCC(=O)OC(CC)CCCCC. The Bertz CT molecular complexity index is 628. The van der Waals surface area contributed by atoms with E-state index in [2.05, 4.69) is 32.6 Å². The van der Waals surface area contributed by atoms with Crippen LogP contribution in [-0.2, 0) is 19.1 Å². The Hall–Kier alpha value is -1.14. The Kier molecular flexibility index (Phi) is 32.4. The van der Waals surface area contributed by atoms with Gasteiger partial charge in [-0.2, -0.15) is 0 Å². The maximum atomic E-state index is 12.6. The first-order valence-electron chi connectivity index (χ1n) is 19.2. The van der Waals surface area contributed by atoms with Crippen LogP contribution in [0.2, 0.25) is 0 Å². The predicted octanol–water partition coefficient (Wildman–Crippen LogP) is 10.3. The van der Waals surface area contributed by atoms with E-state index in [1.54, 1.807) is 0 Å². The van der Waals surface area contributed by atoms with Crippen LogP contribution in [0, 0.1) is 0 Å². The maximum Gasteiger partial charge on any atom is 0.306 e. The number of carbonyl (C=O) groups excluding carboxylic acids is 2. The van der Waals surface area contributed by atoms with Gasteiger partial charge in [-0.1, -0.05) is 111 Å². The van der Waals surface area contributed by atoms with E-state index in [0.29, 0.717) is 19.4 Å². The van der Waals surface area contributed by atoms with Crippen LogP contribution in [0.4, 0.5) is 0 Å². The fourth-order valence-corrected chi connectivity index (χ4v) is 5.89. The molecule has 2 unspecified atom stereocenters. The topological polar surface area (TPSA) is 76.1 Å². The van der Waals surface area contributed by atoms with Crippen molar-refractivity contribution in [1.29, 1.82) is 0 Å². The van der Waals surface area contributed by atoms with Crippen molar-refractivity contribution in [2.75, 3.05) is 26.2 Å². The van der Waals surface area contributed by atoms with Crippen LogP contribution in [0.5, 0.6) is 0 Å². The summed E-state index contributed by atoms with van der Waals surface area (Å²) in [6.07, 6.45) is 28.2. The summed E-state index contributed by atoms with van der Waals surface area (Å²) in [4.78, 5) is 27.2. The average molecular weight is 626 g/mol. The van der Waals surface area contributed by atoms with Gasteiger partial charge in [-0.15, -0.1) is 0 Å². The largest absolute Gasteiger partial charge is 0.462 e. The molecule has 0 amide bonds. The number of unbranched alkanes of at least 4 members (excludes halogenated alkanes) is 15. The minimum atomic E-state index is -0.0557. The van der Waals surface area contributed by atoms with Crippen molar-refractivity contribution in [3.05, 3.63) is 0 Å². The normalized spacial score (nSPS) is 12.9. The summed E-state index contributed by atoms with van der Waals surface area (Å²) in [6.45, 7) is 11.5. The van der Waals surface area contributed by atoms with Gasteiger partial charge in [0, 0.05) is 19.4 Å². The third kappa shape index (κ3) is 28.3. The second kappa shape index (κ2) is 33.2. The lowest BCUT2D eigenvalue weighted by Gasteiger charge is -2.21. The van der Waals surface area contributed by atoms with Gasteiger partial charge in [-0.3, -0.25) is 9.59 Å². The van der Waals surface area contributed by atoms with E-state index >= 15 is 0 Å². The van der Waals surface area contributed by atoms with Crippen molar-refractivity contribution in [3.8, 4) is 0 Å². The van der Waals surface area contributed by atoms with Crippen LogP contribution in [0.25, 0.3) is 0 Å². The van der Waals surface area contributed by atoms with Crippen molar-refractivity contribution >= 4 is 11.9 Å². The monoisotopic (exact) mass is 626 g/mol. The van der Waals surface area contributed by atoms with Crippen LogP contribution in [0.15, 0.2) is 0 Å². The van der Waals surface area contributed by atoms with Crippen LogP contribution in [-0.4, -0.2) is 60.4 Å². The van der Waals surface area contributed by atoms with Crippen molar-refractivity contribution in [1.82, 2.24) is 4.90 Å². The lowest BCUT2D eigenvalue weighted by molar-refractivity contribution is -0.150. The Morgan fingerprint density at radius 3 is 1.36 bits per heavy atom. The van der Waals surface area contributed by atoms with Gasteiger partial charge in [0.2, 0.25) is 0 Å². The van der Waals surface area contributed by atoms with E-state index in [0.717, 1.165) is 90.1 Å². The first-order valence-corrected chi connectivity index (χ1v) is 19.2. The van der Waals surface area contributed by atoms with Crippen LogP contribution < -0.4 is 0 Å². The second-order valence-corrected chi connectivity index (χ2v) is 13.1. The molecule has 0 bridgehead atoms. The fourth-order valence-electron chi connectivity index (χ4n) is 5.89. The number of ether oxygens (including phenoxy) is 2. The van der Waals surface area contributed by atoms with E-state index in [9.17, 15) is 14.7 Å². The van der Waals surface area contributed by atoms with Gasteiger partial charge >= 0.3 is 11.9 Å². The van der Waals surface area contributed by atoms with Gasteiger partial charge < -0.3 is 19.5 Å². The molecule has 6 heteroatoms. The molecular weight excluding hydrogens is 550 g/mol. The molecule has 0 heterocycles. The molecule has 0 rings (SSSR count). The highest BCUT2D eigenvalue weighted by Crippen LogP contribution is 2.18. The highest BCUT2D eigenvalue weighted by atomic mass is 16.5. The Balaban J connectivity index is 4.19. The first kappa shape index (κ1) is 42.9. The summed E-state index contributed by atoms with van der Waals surface area (Å²) in [6, 6.07) is 0. The zero-order valence-corrected chi connectivity index (χ0v) is 29.9. The van der Waals surface area contributed by atoms with Gasteiger partial charge in [0.15, 0.2) is 0 Å². The summed E-state index contributed by atoms with van der Waals surface area (Å²) in [5.74, 6) is -0.0775. The van der Waals surface area contributed by atoms with Gasteiger partial charge in [-0.25, -0.2) is 0 Å². The van der Waals surface area contributed by atoms with Gasteiger partial charge in [0.25, 0.3) is 0 Å². The molecule has 0 radical (unpaired) electrons. The van der Waals surface area contributed by atoms with Gasteiger partial charge in [-0.05, 0) is 83.7 Å². The maximum absolute atomic E-state index is 12.6. The Morgan fingerprint density at radius 2 is 0.886 bits per heavy atom. The molecule has 262 valence electrons. The summed E-state index contributed by atoms with van der Waals surface area (Å²) in [5, 5.41) is 9.51. The molecule has 0 spiro atoms. The molecule has 0 aromatic carbocycles. The van der Waals surface area contributed by atoms with Crippen molar-refractivity contribution < 1.29 is 24.2 Å². The van der Waals surface area contributed by atoms with Crippen LogP contribution in [0.1, 0.15) is 195 Å². The fraction of sp³-hybridized carbons (Fsp3) is 0.947. The number of rotatable bonds is 34. The van der Waals surface area contributed by atoms with Crippen LogP contribution in [0.3, 0.4) is 0 Å². The zero-order valence-electron chi connectivity index (χ0n) is 29.9. The standard InChI is InChI=1S/C38H75NO5/c1-5-9-12-14-16-21-28-36(27-20-15-13-10-6-2)44-38(42)30-23-18-25-32-39(33-34-40)31-24-17-22-29-37(41)43-35(8-4)26-19-11-7-3/h35-36,40H,5-34H2,1-4H3. The molecule has 0 aliphatic heterocycles. The summed E-state index contributed by atoms with van der Waals surface area (Å²) >= 11 is 0. The third-order valence-electron chi connectivity index (χ3n) is 8.82. The molecule has 0 saturated heterocycles. The van der Waals surface area contributed by atoms with Gasteiger partial charge in [0.1, 0.15) is 12.2 Å². The lowest BCUT2D eigenvalue weighted by atomic mass is 10.0. The van der Waals surface area contributed by atoms with Crippen LogP contribution >= 0.6 is 0 Å². The molecule has 6 nitrogen and oxygen atoms in total. The summed E-state index contributed by atoms with van der Waals surface area (Å²) < 4.78 is 11.7. The summed E-state index contributed by atoms with van der Waals surface area (Å²) in [7, 11) is 0. The van der Waals surface area contributed by atoms with Gasteiger partial charge in [0.05, 0.1) is 6.61 Å². The second-order valence-electron chi connectivity index (χ2n) is 13.1. The number of aliphatic hydroxyl groups is 1. The molecule has 2 atom stereocenters. The highest BCUT2D eigenvalue weighted by Gasteiger charge is 2.15. The first-order chi connectivity index (χ1) is 21.5. The summed E-state index contributed by atoms with van der Waals surface area (Å²) in [5.41, 5.74) is 0. The average Bonchev–Trinajstić information content (AvgIpc) is 3.01. The van der Waals surface area contributed by atoms with E-state index < -0.39 is 0 Å². The minimum absolute atomic E-state index is 0.0218. The molecule has 0 saturated carbocycles. The molecule has 0 aromatic rings. The molecule has 0 fully saturated rings. The molecule has 44 heavy (non-hydrogen) atoms. The molecule has 0 aliphatic carbocycles. The molecular formula is C38H75NO5. The van der Waals surface area contributed by atoms with E-state index in [1.165, 1.54) is 77.0 Å². The lowest BCUT2D eigenvalue weighted by Crippen LogP contribution is -2.29. The zero-order chi connectivity index (χ0) is 32.5. The predicted molar refractivity (Wildman–Crippen MR) is 186 cm³/mol. The van der Waals surface area contributed by atoms with Crippen molar-refractivity contribution in [2.24, 2.45) is 0 Å². The smallest absolute Gasteiger partial charge is 0.306 e. The Labute approximate surface area is 273 Å². The van der Waals surface area contributed by atoms with Crippen molar-refractivity contribution in [2.45, 2.75) is 207 Å². The van der Waals surface area contributed by atoms with E-state index in [4.69, 9.17) is 9.47 Å². The number of esters is 2. The van der Waals surface area contributed by atoms with E-state index in [-0.39, 0.29) is 30.8 Å². The molecule has 0 aromatic heterocycles. The number of carbonyl (C=O) groups is 2. The minimum Gasteiger partial charge on any atom is -0.462 e. The van der Waals surface area contributed by atoms with E-state index in [1.807, 2.05) is 0 Å². The number of nitrogens with zero attached hydrogens (tertiary/aromatic N) is 1. The Morgan fingerprint density at radius 1 is 0.500 bits per heavy atom. The quantitative estimate of drug-likeness (QED) is 0.0566. The van der Waals surface area contributed by atoms with Crippen molar-refractivity contribution in [3.63, 3.8) is 0 Å². The third-order valence-corrected chi connectivity index (χ3v) is 8.82. The highest BCUT2D eigenvalue weighted by molar-refractivity contribution is 5.69. The number of hydrogen-bond acceptors (Lipinski definition) is 6.